The van der Waals surface area contributed by atoms with E-state index in [1.54, 1.807) is 44.2 Å². The van der Waals surface area contributed by atoms with Crippen molar-refractivity contribution >= 4 is 65.1 Å². The van der Waals surface area contributed by atoms with E-state index in [-0.39, 0.29) is 76.1 Å². The molecule has 16 N–H and O–H groups in total. The summed E-state index contributed by atoms with van der Waals surface area (Å²) in [7, 11) is 0. The predicted octanol–water partition coefficient (Wildman–Crippen LogP) is -1.26. The second-order valence-electron chi connectivity index (χ2n) is 16.8. The Bertz CT molecular complexity index is 1780. The molecule has 71 heavy (non-hydrogen) atoms. The molecule has 0 aliphatic rings. The number of aliphatic hydroxyl groups excluding tert-OH is 1. The number of esters is 2. The van der Waals surface area contributed by atoms with Gasteiger partial charge in [0.05, 0.1) is 13.0 Å². The van der Waals surface area contributed by atoms with Gasteiger partial charge in [0.1, 0.15) is 49.0 Å². The van der Waals surface area contributed by atoms with Crippen LogP contribution in [-0.4, -0.2) is 157 Å². The first-order valence-electron chi connectivity index (χ1n) is 24.5. The summed E-state index contributed by atoms with van der Waals surface area (Å²) in [5.74, 6) is -7.04. The number of benzene rings is 1. The van der Waals surface area contributed by atoms with Crippen LogP contribution in [0.5, 0.6) is 0 Å². The maximum Gasteiger partial charge on any atom is 0.326 e. The normalized spacial score (nSPS) is 14.0. The minimum absolute atomic E-state index is 0.0228. The Balaban J connectivity index is 3.38. The molecular formula is C47H80N10O13S. The van der Waals surface area contributed by atoms with Gasteiger partial charge in [-0.15, -0.1) is 0 Å². The fourth-order valence-electron chi connectivity index (χ4n) is 6.79. The maximum atomic E-state index is 14.1. The Kier molecular flexibility index (Phi) is 34.3. The number of carbonyl (C=O) groups is 9. The molecule has 1 aromatic carbocycles. The Morgan fingerprint density at radius 2 is 0.944 bits per heavy atom. The van der Waals surface area contributed by atoms with Gasteiger partial charge in [0.15, 0.2) is 0 Å². The van der Waals surface area contributed by atoms with Crippen LogP contribution in [0.15, 0.2) is 30.3 Å². The minimum atomic E-state index is -1.64. The molecule has 7 atom stereocenters. The molecule has 6 amide bonds. The first kappa shape index (κ1) is 63.6. The van der Waals surface area contributed by atoms with Crippen LogP contribution >= 0.6 is 11.8 Å². The number of nitrogens with two attached hydrogens (primary N) is 4. The maximum absolute atomic E-state index is 14.1. The lowest BCUT2D eigenvalue weighted by Crippen LogP contribution is -2.60. The number of ether oxygens (including phenoxy) is 2. The van der Waals surface area contributed by atoms with E-state index in [4.69, 9.17) is 32.4 Å². The number of rotatable bonds is 40. The van der Waals surface area contributed by atoms with E-state index in [0.717, 1.165) is 11.8 Å². The van der Waals surface area contributed by atoms with Crippen molar-refractivity contribution in [1.82, 2.24) is 31.9 Å². The average Bonchev–Trinajstić information content (AvgIpc) is 3.35. The van der Waals surface area contributed by atoms with Crippen molar-refractivity contribution in [2.24, 2.45) is 22.9 Å². The number of carbonyl (C=O) groups excluding carboxylic acids is 8. The molecule has 23 nitrogen and oxygen atoms in total. The summed E-state index contributed by atoms with van der Waals surface area (Å²) in [5.41, 5.74) is 23.3. The number of hydrogen-bond acceptors (Lipinski definition) is 17. The summed E-state index contributed by atoms with van der Waals surface area (Å²) in [6.45, 7) is 3.20. The van der Waals surface area contributed by atoms with E-state index in [1.807, 2.05) is 0 Å². The first-order chi connectivity index (χ1) is 34.1. The van der Waals surface area contributed by atoms with Gasteiger partial charge in [-0.3, -0.25) is 38.4 Å². The summed E-state index contributed by atoms with van der Waals surface area (Å²) < 4.78 is 10.6. The summed E-state index contributed by atoms with van der Waals surface area (Å²) in [5, 5.41) is 35.8. The average molecular weight is 1030 g/mol. The molecule has 1 rings (SSSR count). The number of carboxylic acid groups (broad SMARTS) is 1. The van der Waals surface area contributed by atoms with E-state index in [1.165, 1.54) is 0 Å². The first-order valence-corrected chi connectivity index (χ1v) is 25.6. The molecule has 24 heteroatoms. The van der Waals surface area contributed by atoms with E-state index in [9.17, 15) is 53.4 Å². The monoisotopic (exact) mass is 1020 g/mol. The highest BCUT2D eigenvalue weighted by Gasteiger charge is 2.33. The topological polar surface area (TPSA) is 389 Å². The van der Waals surface area contributed by atoms with Gasteiger partial charge >= 0.3 is 17.9 Å². The molecule has 0 aliphatic carbocycles. The van der Waals surface area contributed by atoms with Crippen molar-refractivity contribution < 1.29 is 62.8 Å². The highest BCUT2D eigenvalue weighted by atomic mass is 32.2. The Morgan fingerprint density at radius 1 is 0.535 bits per heavy atom. The van der Waals surface area contributed by atoms with E-state index < -0.39 is 102 Å². The number of amides is 6. The SMILES string of the molecule is CCC(=O)OCC(CSC[C@@H](NC(=O)Cc1ccccc1)C(=O)N[C@@H](CO)C(=O)N[C@@H](CCCCN)C(=O)N[C@@H](CCCCN)C(=O)N[C@@H](CCCCN)C(=O)N[C@@H](CCCCN)C(=O)O)OC(=O)CC. The van der Waals surface area contributed by atoms with Crippen molar-refractivity contribution in [3.05, 3.63) is 35.9 Å². The number of nitrogens with one attached hydrogen (secondary N) is 6. The summed E-state index contributed by atoms with van der Waals surface area (Å²) in [6.07, 6.45) is 3.04. The van der Waals surface area contributed by atoms with Crippen molar-refractivity contribution in [3.8, 4) is 0 Å². The summed E-state index contributed by atoms with van der Waals surface area (Å²) in [4.78, 5) is 119. The van der Waals surface area contributed by atoms with Crippen LogP contribution in [0, 0.1) is 0 Å². The quantitative estimate of drug-likeness (QED) is 0.0270. The van der Waals surface area contributed by atoms with Crippen LogP contribution in [0.4, 0.5) is 0 Å². The third-order valence-electron chi connectivity index (χ3n) is 10.9. The molecule has 0 fully saturated rings. The van der Waals surface area contributed by atoms with Crippen LogP contribution in [-0.2, 0) is 59.0 Å². The Hall–Kier alpha value is -5.40. The molecule has 0 radical (unpaired) electrons. The number of aliphatic carboxylic acids is 1. The van der Waals surface area contributed by atoms with Crippen molar-refractivity contribution in [1.29, 1.82) is 0 Å². The Labute approximate surface area is 420 Å². The summed E-state index contributed by atoms with van der Waals surface area (Å²) >= 11 is 1.09. The lowest BCUT2D eigenvalue weighted by atomic mass is 10.0. The molecule has 1 aromatic rings. The van der Waals surface area contributed by atoms with Crippen molar-refractivity contribution in [2.75, 3.05) is 50.9 Å². The molecule has 0 saturated carbocycles. The third kappa shape index (κ3) is 27.7. The molecule has 0 heterocycles. The zero-order chi connectivity index (χ0) is 53.0. The Morgan fingerprint density at radius 3 is 1.37 bits per heavy atom. The standard InChI is InChI=1S/C47H80N10O13S/c1-3-40(60)69-28-32(70-41(61)4-2)29-71-30-38(52-39(59)26-31-16-6-5-7-17-31)46(66)57-37(27-58)45(65)55-34(19-9-13-23-49)43(63)53-33(18-8-12-22-48)42(62)54-35(20-10-14-24-50)44(64)56-36(47(67)68)21-11-15-25-51/h5-7,16-17,32-38,58H,3-4,8-15,18-30,48-51H2,1-2H3,(H,52,59)(H,53,63)(H,54,62)(H,55,65)(H,56,64)(H,57,66)(H,67,68)/t32?,33-,34-,35-,36-,37-,38+/m0/s1. The number of thioether (sulfide) groups is 1. The van der Waals surface area contributed by atoms with Gasteiger partial charge in [-0.1, -0.05) is 44.2 Å². The lowest BCUT2D eigenvalue weighted by Gasteiger charge is -2.27. The molecule has 0 bridgehead atoms. The molecule has 0 aliphatic heterocycles. The van der Waals surface area contributed by atoms with Gasteiger partial charge in [-0.25, -0.2) is 4.79 Å². The second-order valence-corrected chi connectivity index (χ2v) is 17.9. The van der Waals surface area contributed by atoms with Gasteiger partial charge in [0.2, 0.25) is 35.4 Å². The van der Waals surface area contributed by atoms with Gasteiger partial charge in [0, 0.05) is 24.3 Å². The molecule has 0 aromatic heterocycles. The predicted molar refractivity (Wildman–Crippen MR) is 267 cm³/mol. The number of hydrogen-bond donors (Lipinski definition) is 12. The zero-order valence-corrected chi connectivity index (χ0v) is 42.1. The molecule has 402 valence electrons. The van der Waals surface area contributed by atoms with E-state index >= 15 is 0 Å². The van der Waals surface area contributed by atoms with Crippen molar-refractivity contribution in [3.63, 3.8) is 0 Å². The van der Waals surface area contributed by atoms with Gasteiger partial charge in [-0.05, 0) is 109 Å². The fraction of sp³-hybridized carbons (Fsp3) is 0.681. The fourth-order valence-corrected chi connectivity index (χ4v) is 7.82. The molecular weight excluding hydrogens is 945 g/mol. The molecule has 1 unspecified atom stereocenters. The third-order valence-corrected chi connectivity index (χ3v) is 12.0. The van der Waals surface area contributed by atoms with Gasteiger partial charge in [0.25, 0.3) is 0 Å². The highest BCUT2D eigenvalue weighted by Crippen LogP contribution is 2.13. The van der Waals surface area contributed by atoms with Crippen LogP contribution in [0.2, 0.25) is 0 Å². The van der Waals surface area contributed by atoms with Crippen LogP contribution in [0.3, 0.4) is 0 Å². The number of unbranched alkanes of at least 4 members (excludes halogenated alkanes) is 4. The summed E-state index contributed by atoms with van der Waals surface area (Å²) in [6, 6.07) is 0.767. The minimum Gasteiger partial charge on any atom is -0.480 e. The highest BCUT2D eigenvalue weighted by molar-refractivity contribution is 7.99. The van der Waals surface area contributed by atoms with Crippen LogP contribution < -0.4 is 54.8 Å². The second kappa shape index (κ2) is 38.3. The molecule has 0 saturated heterocycles. The number of aliphatic hydroxyl groups is 1. The van der Waals surface area contributed by atoms with E-state index in [2.05, 4.69) is 31.9 Å². The van der Waals surface area contributed by atoms with Gasteiger partial charge in [-0.2, -0.15) is 11.8 Å². The van der Waals surface area contributed by atoms with E-state index in [0.29, 0.717) is 70.0 Å². The van der Waals surface area contributed by atoms with Crippen LogP contribution in [0.1, 0.15) is 109 Å². The van der Waals surface area contributed by atoms with Crippen molar-refractivity contribution in [2.45, 2.75) is 153 Å². The van der Waals surface area contributed by atoms with Gasteiger partial charge < -0.3 is 74.5 Å². The van der Waals surface area contributed by atoms with Crippen LogP contribution in [0.25, 0.3) is 0 Å². The smallest absolute Gasteiger partial charge is 0.326 e. The largest absolute Gasteiger partial charge is 0.480 e. The molecule has 0 spiro atoms. The number of carboxylic acids is 1. The lowest BCUT2D eigenvalue weighted by molar-refractivity contribution is -0.157. The zero-order valence-electron chi connectivity index (χ0n) is 41.3.